The largest absolute Gasteiger partial charge is 0.329 e. The van der Waals surface area contributed by atoms with Crippen molar-refractivity contribution in [3.05, 3.63) is 24.0 Å². The standard InChI is InChI=1S/C7H9N3O/c8-4-7-3-6(10-5-11)1-2-9-7/h1-3,5H,4,8H2,(H,9,10,11). The SMILES string of the molecule is NCc1cc(NC=O)ccn1. The van der Waals surface area contributed by atoms with Crippen LogP contribution in [0.4, 0.5) is 5.69 Å². The number of nitrogens with zero attached hydrogens (tertiary/aromatic N) is 1. The van der Waals surface area contributed by atoms with Crippen LogP contribution in [-0.2, 0) is 11.3 Å². The topological polar surface area (TPSA) is 68.0 Å². The van der Waals surface area contributed by atoms with Crippen LogP contribution in [0, 0.1) is 0 Å². The highest BCUT2D eigenvalue weighted by Gasteiger charge is 1.92. The Hall–Kier alpha value is -1.42. The third-order valence-electron chi connectivity index (χ3n) is 1.25. The van der Waals surface area contributed by atoms with E-state index in [-0.39, 0.29) is 0 Å². The van der Waals surface area contributed by atoms with Crippen LogP contribution in [0.2, 0.25) is 0 Å². The molecule has 4 heteroatoms. The highest BCUT2D eigenvalue weighted by Crippen LogP contribution is 2.05. The van der Waals surface area contributed by atoms with Gasteiger partial charge in [0.05, 0.1) is 5.69 Å². The van der Waals surface area contributed by atoms with Gasteiger partial charge in [-0.2, -0.15) is 0 Å². The normalized spacial score (nSPS) is 9.18. The van der Waals surface area contributed by atoms with E-state index in [0.29, 0.717) is 13.0 Å². The van der Waals surface area contributed by atoms with Gasteiger partial charge >= 0.3 is 0 Å². The van der Waals surface area contributed by atoms with Crippen molar-refractivity contribution < 1.29 is 4.79 Å². The van der Waals surface area contributed by atoms with Crippen LogP contribution >= 0.6 is 0 Å². The Morgan fingerprint density at radius 3 is 3.18 bits per heavy atom. The number of anilines is 1. The number of rotatable bonds is 3. The van der Waals surface area contributed by atoms with Crippen LogP contribution in [0.15, 0.2) is 18.3 Å². The molecule has 1 aromatic heterocycles. The van der Waals surface area contributed by atoms with E-state index in [9.17, 15) is 4.79 Å². The molecule has 0 spiro atoms. The molecule has 11 heavy (non-hydrogen) atoms. The molecule has 4 nitrogen and oxygen atoms in total. The molecule has 1 amide bonds. The molecule has 0 radical (unpaired) electrons. The molecule has 0 fully saturated rings. The molecule has 0 aliphatic carbocycles. The van der Waals surface area contributed by atoms with Gasteiger partial charge in [-0.15, -0.1) is 0 Å². The van der Waals surface area contributed by atoms with Crippen molar-refractivity contribution in [2.75, 3.05) is 5.32 Å². The van der Waals surface area contributed by atoms with E-state index in [1.54, 1.807) is 18.3 Å². The second kappa shape index (κ2) is 3.68. The fraction of sp³-hybridized carbons (Fsp3) is 0.143. The van der Waals surface area contributed by atoms with E-state index in [1.165, 1.54) is 0 Å². The Morgan fingerprint density at radius 2 is 2.55 bits per heavy atom. The molecule has 0 saturated heterocycles. The summed E-state index contributed by atoms with van der Waals surface area (Å²) in [6.07, 6.45) is 2.23. The molecule has 0 aliphatic heterocycles. The van der Waals surface area contributed by atoms with Crippen molar-refractivity contribution in [3.8, 4) is 0 Å². The zero-order valence-corrected chi connectivity index (χ0v) is 5.95. The first-order chi connectivity index (χ1) is 5.36. The quantitative estimate of drug-likeness (QED) is 0.602. The maximum absolute atomic E-state index is 10.0. The predicted molar refractivity (Wildman–Crippen MR) is 41.8 cm³/mol. The molecule has 58 valence electrons. The van der Waals surface area contributed by atoms with E-state index in [4.69, 9.17) is 5.73 Å². The minimum absolute atomic E-state index is 0.383. The van der Waals surface area contributed by atoms with Crippen LogP contribution in [0.1, 0.15) is 5.69 Å². The van der Waals surface area contributed by atoms with Crippen molar-refractivity contribution >= 4 is 12.1 Å². The van der Waals surface area contributed by atoms with Crippen LogP contribution in [0.5, 0.6) is 0 Å². The van der Waals surface area contributed by atoms with Gasteiger partial charge in [-0.3, -0.25) is 9.78 Å². The van der Waals surface area contributed by atoms with Gasteiger partial charge in [-0.05, 0) is 12.1 Å². The number of nitrogens with one attached hydrogen (secondary N) is 1. The molecule has 1 heterocycles. The number of hydrogen-bond acceptors (Lipinski definition) is 3. The van der Waals surface area contributed by atoms with Crippen LogP contribution in [0.3, 0.4) is 0 Å². The van der Waals surface area contributed by atoms with E-state index in [1.807, 2.05) is 0 Å². The third kappa shape index (κ3) is 2.01. The Labute approximate surface area is 64.4 Å². The Balaban J connectivity index is 2.82. The summed E-state index contributed by atoms with van der Waals surface area (Å²) in [4.78, 5) is 14.0. The molecule has 1 aromatic rings. The molecule has 0 aromatic carbocycles. The second-order valence-electron chi connectivity index (χ2n) is 2.00. The van der Waals surface area contributed by atoms with Crippen molar-refractivity contribution in [3.63, 3.8) is 0 Å². The molecule has 3 N–H and O–H groups in total. The van der Waals surface area contributed by atoms with Gasteiger partial charge in [0.25, 0.3) is 0 Å². The lowest BCUT2D eigenvalue weighted by Gasteiger charge is -1.99. The third-order valence-corrected chi connectivity index (χ3v) is 1.25. The summed E-state index contributed by atoms with van der Waals surface area (Å²) < 4.78 is 0. The summed E-state index contributed by atoms with van der Waals surface area (Å²) in [5, 5.41) is 2.51. The molecule has 1 rings (SSSR count). The fourth-order valence-electron chi connectivity index (χ4n) is 0.748. The summed E-state index contributed by atoms with van der Waals surface area (Å²) in [5.74, 6) is 0. The first-order valence-corrected chi connectivity index (χ1v) is 3.22. The monoisotopic (exact) mass is 151 g/mol. The summed E-state index contributed by atoms with van der Waals surface area (Å²) in [6.45, 7) is 0.383. The van der Waals surface area contributed by atoms with Crippen LogP contribution in [0.25, 0.3) is 0 Å². The van der Waals surface area contributed by atoms with Crippen LogP contribution in [-0.4, -0.2) is 11.4 Å². The number of nitrogens with two attached hydrogens (primary N) is 1. The molecular formula is C7H9N3O. The van der Waals surface area contributed by atoms with Crippen molar-refractivity contribution in [2.24, 2.45) is 5.73 Å². The maximum atomic E-state index is 10.0. The molecule has 0 saturated carbocycles. The number of hydrogen-bond donors (Lipinski definition) is 2. The van der Waals surface area contributed by atoms with E-state index >= 15 is 0 Å². The van der Waals surface area contributed by atoms with Gasteiger partial charge in [0.2, 0.25) is 6.41 Å². The zero-order valence-electron chi connectivity index (χ0n) is 5.95. The Bertz CT molecular complexity index is 249. The van der Waals surface area contributed by atoms with Gasteiger partial charge in [0, 0.05) is 18.4 Å². The molecule has 0 bridgehead atoms. The average molecular weight is 151 g/mol. The Morgan fingerprint density at radius 1 is 1.73 bits per heavy atom. The summed E-state index contributed by atoms with van der Waals surface area (Å²) in [5.41, 5.74) is 6.82. The minimum Gasteiger partial charge on any atom is -0.329 e. The van der Waals surface area contributed by atoms with Gasteiger partial charge in [0.15, 0.2) is 0 Å². The van der Waals surface area contributed by atoms with Crippen molar-refractivity contribution in [2.45, 2.75) is 6.54 Å². The number of carbonyl (C=O) groups is 1. The lowest BCUT2D eigenvalue weighted by atomic mass is 10.3. The van der Waals surface area contributed by atoms with Gasteiger partial charge in [-0.25, -0.2) is 0 Å². The maximum Gasteiger partial charge on any atom is 0.211 e. The predicted octanol–water partition coefficient (Wildman–Crippen LogP) is 0.109. The number of aromatic nitrogens is 1. The van der Waals surface area contributed by atoms with Gasteiger partial charge in [-0.1, -0.05) is 0 Å². The molecule has 0 unspecified atom stereocenters. The van der Waals surface area contributed by atoms with Crippen LogP contribution < -0.4 is 11.1 Å². The van der Waals surface area contributed by atoms with Gasteiger partial charge in [0.1, 0.15) is 0 Å². The molecule has 0 atom stereocenters. The van der Waals surface area contributed by atoms with E-state index in [0.717, 1.165) is 11.4 Å². The smallest absolute Gasteiger partial charge is 0.211 e. The number of pyridine rings is 1. The summed E-state index contributed by atoms with van der Waals surface area (Å²) in [6, 6.07) is 3.43. The lowest BCUT2D eigenvalue weighted by Crippen LogP contribution is -2.01. The van der Waals surface area contributed by atoms with Crippen molar-refractivity contribution in [1.82, 2.24) is 4.98 Å². The fourth-order valence-corrected chi connectivity index (χ4v) is 0.748. The summed E-state index contributed by atoms with van der Waals surface area (Å²) in [7, 11) is 0. The van der Waals surface area contributed by atoms with E-state index < -0.39 is 0 Å². The van der Waals surface area contributed by atoms with Gasteiger partial charge < -0.3 is 11.1 Å². The summed E-state index contributed by atoms with van der Waals surface area (Å²) >= 11 is 0. The minimum atomic E-state index is 0.383. The molecule has 0 aliphatic rings. The zero-order chi connectivity index (χ0) is 8.10. The number of carbonyl (C=O) groups excluding carboxylic acids is 1. The second-order valence-corrected chi connectivity index (χ2v) is 2.00. The average Bonchev–Trinajstić information content (AvgIpc) is 2.06. The lowest BCUT2D eigenvalue weighted by molar-refractivity contribution is -0.105. The first-order valence-electron chi connectivity index (χ1n) is 3.22. The highest BCUT2D eigenvalue weighted by atomic mass is 16.1. The van der Waals surface area contributed by atoms with Crippen molar-refractivity contribution in [1.29, 1.82) is 0 Å². The highest BCUT2D eigenvalue weighted by molar-refractivity contribution is 5.70. The van der Waals surface area contributed by atoms with E-state index in [2.05, 4.69) is 10.3 Å². The Kier molecular flexibility index (Phi) is 2.57. The first kappa shape index (κ1) is 7.68. The molecular weight excluding hydrogens is 142 g/mol. The number of amides is 1.